The summed E-state index contributed by atoms with van der Waals surface area (Å²) in [4.78, 5) is 4.83. The number of β-amino-alcohol motifs (C(OH)–C–C–N with tert-alkyl or cyclic N) is 1. The summed E-state index contributed by atoms with van der Waals surface area (Å²) < 4.78 is 0. The van der Waals surface area contributed by atoms with Crippen molar-refractivity contribution >= 4 is 0 Å². The SMILES string of the molecule is CCN(CC)CCN1CC[C@@H](C)[C@@H](O)C1. The Morgan fingerprint density at radius 3 is 2.53 bits per heavy atom. The summed E-state index contributed by atoms with van der Waals surface area (Å²) in [6.07, 6.45) is 1.02. The lowest BCUT2D eigenvalue weighted by Gasteiger charge is -2.35. The predicted octanol–water partition coefficient (Wildman–Crippen LogP) is 1.03. The highest BCUT2D eigenvalue weighted by atomic mass is 16.3. The van der Waals surface area contributed by atoms with E-state index in [1.54, 1.807) is 0 Å². The van der Waals surface area contributed by atoms with Crippen molar-refractivity contribution in [2.24, 2.45) is 5.92 Å². The third kappa shape index (κ3) is 4.09. The van der Waals surface area contributed by atoms with Crippen molar-refractivity contribution in [1.82, 2.24) is 9.80 Å². The van der Waals surface area contributed by atoms with Gasteiger partial charge in [0.15, 0.2) is 0 Å². The summed E-state index contributed by atoms with van der Waals surface area (Å²) in [7, 11) is 0. The zero-order chi connectivity index (χ0) is 11.3. The molecular weight excluding hydrogens is 188 g/mol. The summed E-state index contributed by atoms with van der Waals surface area (Å²) in [6, 6.07) is 0. The maximum Gasteiger partial charge on any atom is 0.0693 e. The summed E-state index contributed by atoms with van der Waals surface area (Å²) in [5, 5.41) is 9.77. The minimum atomic E-state index is -0.115. The molecule has 1 fully saturated rings. The molecule has 0 amide bonds. The number of nitrogens with zero attached hydrogens (tertiary/aromatic N) is 2. The molecule has 0 radical (unpaired) electrons. The van der Waals surface area contributed by atoms with Gasteiger partial charge in [-0.1, -0.05) is 20.8 Å². The number of hydrogen-bond acceptors (Lipinski definition) is 3. The number of likely N-dealkylation sites (tertiary alicyclic amines) is 1. The molecule has 3 heteroatoms. The second-order valence-corrected chi connectivity index (χ2v) is 4.66. The van der Waals surface area contributed by atoms with Crippen LogP contribution in [0.2, 0.25) is 0 Å². The van der Waals surface area contributed by atoms with Crippen LogP contribution in [0.25, 0.3) is 0 Å². The van der Waals surface area contributed by atoms with Gasteiger partial charge in [0, 0.05) is 19.6 Å². The molecule has 0 aliphatic carbocycles. The molecule has 0 unspecified atom stereocenters. The third-order valence-electron chi connectivity index (χ3n) is 3.63. The van der Waals surface area contributed by atoms with Gasteiger partial charge in [-0.15, -0.1) is 0 Å². The summed E-state index contributed by atoms with van der Waals surface area (Å²) in [5.74, 6) is 0.481. The number of aliphatic hydroxyl groups excluding tert-OH is 1. The van der Waals surface area contributed by atoms with E-state index in [1.807, 2.05) is 0 Å². The maximum absolute atomic E-state index is 9.77. The molecular formula is C12H26N2O. The molecule has 0 saturated carbocycles. The number of piperidine rings is 1. The first-order chi connectivity index (χ1) is 7.17. The van der Waals surface area contributed by atoms with Crippen molar-refractivity contribution in [3.05, 3.63) is 0 Å². The number of likely N-dealkylation sites (N-methyl/N-ethyl adjacent to an activating group) is 1. The lowest BCUT2D eigenvalue weighted by Crippen LogP contribution is -2.45. The monoisotopic (exact) mass is 214 g/mol. The van der Waals surface area contributed by atoms with Crippen LogP contribution < -0.4 is 0 Å². The van der Waals surface area contributed by atoms with Gasteiger partial charge in [0.2, 0.25) is 0 Å². The van der Waals surface area contributed by atoms with E-state index in [9.17, 15) is 5.11 Å². The van der Waals surface area contributed by atoms with Gasteiger partial charge in [0.1, 0.15) is 0 Å². The van der Waals surface area contributed by atoms with E-state index in [0.29, 0.717) is 5.92 Å². The van der Waals surface area contributed by atoms with Crippen LogP contribution in [0.3, 0.4) is 0 Å². The van der Waals surface area contributed by atoms with Crippen LogP contribution >= 0.6 is 0 Å². The summed E-state index contributed by atoms with van der Waals surface area (Å²) in [6.45, 7) is 13.1. The van der Waals surface area contributed by atoms with E-state index in [-0.39, 0.29) is 6.10 Å². The molecule has 0 aromatic heterocycles. The first kappa shape index (κ1) is 12.9. The molecule has 0 aromatic rings. The largest absolute Gasteiger partial charge is 0.392 e. The standard InChI is InChI=1S/C12H26N2O/c1-4-13(5-2)8-9-14-7-6-11(3)12(15)10-14/h11-12,15H,4-10H2,1-3H3/t11-,12+/m1/s1. The maximum atomic E-state index is 9.77. The lowest BCUT2D eigenvalue weighted by atomic mass is 9.96. The highest BCUT2D eigenvalue weighted by molar-refractivity contribution is 4.77. The molecule has 0 aromatic carbocycles. The minimum Gasteiger partial charge on any atom is -0.392 e. The Morgan fingerprint density at radius 1 is 1.33 bits per heavy atom. The molecule has 0 bridgehead atoms. The van der Waals surface area contributed by atoms with Crippen molar-refractivity contribution < 1.29 is 5.11 Å². The highest BCUT2D eigenvalue weighted by Crippen LogP contribution is 2.16. The van der Waals surface area contributed by atoms with Crippen molar-refractivity contribution in [3.63, 3.8) is 0 Å². The van der Waals surface area contributed by atoms with Crippen LogP contribution in [0.15, 0.2) is 0 Å². The topological polar surface area (TPSA) is 26.7 Å². The smallest absolute Gasteiger partial charge is 0.0693 e. The fourth-order valence-electron chi connectivity index (χ4n) is 2.14. The van der Waals surface area contributed by atoms with Crippen LogP contribution in [0.5, 0.6) is 0 Å². The van der Waals surface area contributed by atoms with E-state index in [4.69, 9.17) is 0 Å². The van der Waals surface area contributed by atoms with Gasteiger partial charge in [0.25, 0.3) is 0 Å². The summed E-state index contributed by atoms with van der Waals surface area (Å²) >= 11 is 0. The normalized spacial score (nSPS) is 28.6. The molecule has 3 nitrogen and oxygen atoms in total. The van der Waals surface area contributed by atoms with Crippen LogP contribution in [0, 0.1) is 5.92 Å². The lowest BCUT2D eigenvalue weighted by molar-refractivity contribution is 0.0258. The van der Waals surface area contributed by atoms with Gasteiger partial charge in [-0.25, -0.2) is 0 Å². The Labute approximate surface area is 94.1 Å². The third-order valence-corrected chi connectivity index (χ3v) is 3.63. The Morgan fingerprint density at radius 2 is 2.00 bits per heavy atom. The first-order valence-corrected chi connectivity index (χ1v) is 6.30. The second-order valence-electron chi connectivity index (χ2n) is 4.66. The van der Waals surface area contributed by atoms with E-state index < -0.39 is 0 Å². The van der Waals surface area contributed by atoms with Crippen LogP contribution in [-0.4, -0.2) is 60.3 Å². The van der Waals surface area contributed by atoms with Crippen molar-refractivity contribution in [2.75, 3.05) is 39.3 Å². The summed E-state index contributed by atoms with van der Waals surface area (Å²) in [5.41, 5.74) is 0. The first-order valence-electron chi connectivity index (χ1n) is 6.30. The Kier molecular flexibility index (Phi) is 5.58. The predicted molar refractivity (Wildman–Crippen MR) is 64.0 cm³/mol. The molecule has 1 heterocycles. The fraction of sp³-hybridized carbons (Fsp3) is 1.00. The number of rotatable bonds is 5. The van der Waals surface area contributed by atoms with Gasteiger partial charge in [-0.3, -0.25) is 4.90 Å². The van der Waals surface area contributed by atoms with Gasteiger partial charge in [-0.05, 0) is 32.0 Å². The Bertz CT molecular complexity index is 171. The molecule has 15 heavy (non-hydrogen) atoms. The fourth-order valence-corrected chi connectivity index (χ4v) is 2.14. The van der Waals surface area contributed by atoms with Gasteiger partial charge in [-0.2, -0.15) is 0 Å². The van der Waals surface area contributed by atoms with Gasteiger partial charge < -0.3 is 10.0 Å². The van der Waals surface area contributed by atoms with Crippen LogP contribution in [-0.2, 0) is 0 Å². The molecule has 90 valence electrons. The van der Waals surface area contributed by atoms with E-state index in [2.05, 4.69) is 30.6 Å². The van der Waals surface area contributed by atoms with Gasteiger partial charge >= 0.3 is 0 Å². The van der Waals surface area contributed by atoms with Crippen molar-refractivity contribution in [1.29, 1.82) is 0 Å². The van der Waals surface area contributed by atoms with E-state index in [1.165, 1.54) is 0 Å². The molecule has 2 atom stereocenters. The molecule has 0 spiro atoms. The zero-order valence-corrected chi connectivity index (χ0v) is 10.4. The highest BCUT2D eigenvalue weighted by Gasteiger charge is 2.23. The quantitative estimate of drug-likeness (QED) is 0.740. The van der Waals surface area contributed by atoms with Crippen LogP contribution in [0.1, 0.15) is 27.2 Å². The second kappa shape index (κ2) is 6.46. The van der Waals surface area contributed by atoms with Crippen LogP contribution in [0.4, 0.5) is 0 Å². The molecule has 1 aliphatic rings. The van der Waals surface area contributed by atoms with Crippen molar-refractivity contribution in [3.8, 4) is 0 Å². The zero-order valence-electron chi connectivity index (χ0n) is 10.4. The van der Waals surface area contributed by atoms with E-state index in [0.717, 1.165) is 45.7 Å². The minimum absolute atomic E-state index is 0.115. The Hall–Kier alpha value is -0.120. The number of hydrogen-bond donors (Lipinski definition) is 1. The number of aliphatic hydroxyl groups is 1. The van der Waals surface area contributed by atoms with E-state index >= 15 is 0 Å². The Balaban J connectivity index is 2.22. The molecule has 1 N–H and O–H groups in total. The molecule has 1 rings (SSSR count). The molecule has 1 aliphatic heterocycles. The average molecular weight is 214 g/mol. The van der Waals surface area contributed by atoms with Gasteiger partial charge in [0.05, 0.1) is 6.10 Å². The average Bonchev–Trinajstić information content (AvgIpc) is 2.24. The van der Waals surface area contributed by atoms with Crippen molar-refractivity contribution in [2.45, 2.75) is 33.3 Å². The molecule has 1 saturated heterocycles.